The van der Waals surface area contributed by atoms with Crippen molar-refractivity contribution in [1.29, 1.82) is 0 Å². The Morgan fingerprint density at radius 2 is 1.86 bits per heavy atom. The van der Waals surface area contributed by atoms with Gasteiger partial charge in [0.15, 0.2) is 0 Å². The molecule has 0 aliphatic heterocycles. The Labute approximate surface area is 204 Å². The number of nitrogens with one attached hydrogen (secondary N) is 2. The van der Waals surface area contributed by atoms with Gasteiger partial charge in [-0.25, -0.2) is 8.42 Å². The minimum absolute atomic E-state index is 0.0222. The molecule has 35 heavy (non-hydrogen) atoms. The second-order valence-corrected chi connectivity index (χ2v) is 9.10. The van der Waals surface area contributed by atoms with Crippen LogP contribution in [-0.4, -0.2) is 25.7 Å². The topological polar surface area (TPSA) is 123 Å². The number of alkyl halides is 2. The number of hydrazone groups is 1. The van der Waals surface area contributed by atoms with Gasteiger partial charge in [0.05, 0.1) is 21.2 Å². The molecule has 0 saturated heterocycles. The van der Waals surface area contributed by atoms with Crippen molar-refractivity contribution in [3.63, 3.8) is 0 Å². The van der Waals surface area contributed by atoms with Crippen LogP contribution in [-0.2, 0) is 10.0 Å². The van der Waals surface area contributed by atoms with E-state index in [2.05, 4.69) is 20.0 Å². The summed E-state index contributed by atoms with van der Waals surface area (Å²) in [4.78, 5) is 10.6. The molecule has 3 aromatic carbocycles. The van der Waals surface area contributed by atoms with Crippen LogP contribution in [0.2, 0.25) is 5.02 Å². The number of nitro groups is 1. The first-order valence-electron chi connectivity index (χ1n) is 10.0. The number of benzene rings is 3. The van der Waals surface area contributed by atoms with Crippen LogP contribution >= 0.6 is 11.6 Å². The van der Waals surface area contributed by atoms with Crippen LogP contribution in [0.1, 0.15) is 18.9 Å². The quantitative estimate of drug-likeness (QED) is 0.194. The van der Waals surface area contributed by atoms with Crippen molar-refractivity contribution in [2.24, 2.45) is 5.10 Å². The highest BCUT2D eigenvalue weighted by Gasteiger charge is 2.22. The van der Waals surface area contributed by atoms with Gasteiger partial charge in [-0.05, 0) is 66.6 Å². The van der Waals surface area contributed by atoms with Crippen LogP contribution in [0.15, 0.2) is 76.7 Å². The number of hydrogen-bond donors (Lipinski definition) is 2. The van der Waals surface area contributed by atoms with Crippen molar-refractivity contribution in [3.05, 3.63) is 87.4 Å². The molecule has 0 radical (unpaired) electrons. The first-order valence-corrected chi connectivity index (χ1v) is 11.9. The lowest BCUT2D eigenvalue weighted by Gasteiger charge is -2.11. The predicted octanol–water partition coefficient (Wildman–Crippen LogP) is 5.88. The highest BCUT2D eigenvalue weighted by atomic mass is 35.5. The Bertz CT molecular complexity index is 1350. The van der Waals surface area contributed by atoms with Gasteiger partial charge in [0.2, 0.25) is 0 Å². The summed E-state index contributed by atoms with van der Waals surface area (Å²) in [5, 5.41) is 16.1. The highest BCUT2D eigenvalue weighted by molar-refractivity contribution is 7.92. The largest absolute Gasteiger partial charge is 0.435 e. The molecule has 9 nitrogen and oxygen atoms in total. The summed E-state index contributed by atoms with van der Waals surface area (Å²) in [6.07, 6.45) is 0.409. The van der Waals surface area contributed by atoms with Crippen LogP contribution in [0.25, 0.3) is 0 Å². The molecule has 0 atom stereocenters. The normalized spacial score (nSPS) is 11.9. The Kier molecular flexibility index (Phi) is 8.20. The third-order valence-electron chi connectivity index (χ3n) is 4.61. The monoisotopic (exact) mass is 524 g/mol. The van der Waals surface area contributed by atoms with E-state index >= 15 is 0 Å². The SMILES string of the molecule is CCC(=NNc1ccc(S(=O)(=O)Nc2cccc(Cl)c2)cc1[N+](=O)[O-])c1ccc(OC(F)F)cc1. The lowest BCUT2D eigenvalue weighted by Crippen LogP contribution is -2.13. The van der Waals surface area contributed by atoms with Crippen LogP contribution in [0.3, 0.4) is 0 Å². The van der Waals surface area contributed by atoms with Crippen molar-refractivity contribution in [1.82, 2.24) is 0 Å². The number of rotatable bonds is 10. The Hall–Kier alpha value is -3.77. The lowest BCUT2D eigenvalue weighted by atomic mass is 10.1. The van der Waals surface area contributed by atoms with E-state index < -0.39 is 27.2 Å². The molecule has 0 fully saturated rings. The number of anilines is 2. The van der Waals surface area contributed by atoms with E-state index in [1.807, 2.05) is 0 Å². The fourth-order valence-electron chi connectivity index (χ4n) is 2.99. The van der Waals surface area contributed by atoms with Gasteiger partial charge in [-0.15, -0.1) is 0 Å². The molecule has 0 heterocycles. The van der Waals surface area contributed by atoms with Crippen LogP contribution < -0.4 is 14.9 Å². The van der Waals surface area contributed by atoms with Gasteiger partial charge in [-0.3, -0.25) is 20.3 Å². The third kappa shape index (κ3) is 6.87. The number of hydrogen-bond acceptors (Lipinski definition) is 7. The number of sulfonamides is 1. The zero-order valence-electron chi connectivity index (χ0n) is 18.1. The Balaban J connectivity index is 1.85. The van der Waals surface area contributed by atoms with Gasteiger partial charge in [-0.1, -0.05) is 24.6 Å². The van der Waals surface area contributed by atoms with E-state index in [4.69, 9.17) is 11.6 Å². The molecule has 2 N–H and O–H groups in total. The Morgan fingerprint density at radius 3 is 2.46 bits per heavy atom. The summed E-state index contributed by atoms with van der Waals surface area (Å²) in [7, 11) is -4.14. The summed E-state index contributed by atoms with van der Waals surface area (Å²) >= 11 is 5.87. The summed E-state index contributed by atoms with van der Waals surface area (Å²) < 4.78 is 56.7. The molecule has 3 aromatic rings. The minimum Gasteiger partial charge on any atom is -0.435 e. The average Bonchev–Trinajstić information content (AvgIpc) is 2.79. The molecule has 0 saturated carbocycles. The van der Waals surface area contributed by atoms with E-state index in [1.54, 1.807) is 19.1 Å². The zero-order valence-corrected chi connectivity index (χ0v) is 19.7. The fourth-order valence-corrected chi connectivity index (χ4v) is 4.25. The smallest absolute Gasteiger partial charge is 0.387 e. The number of nitro benzene ring substituents is 1. The van der Waals surface area contributed by atoms with Gasteiger partial charge >= 0.3 is 6.61 Å². The average molecular weight is 525 g/mol. The maximum atomic E-state index is 12.7. The van der Waals surface area contributed by atoms with Gasteiger partial charge in [0.25, 0.3) is 15.7 Å². The molecule has 3 rings (SSSR count). The Morgan fingerprint density at radius 1 is 1.14 bits per heavy atom. The standard InChI is InChI=1S/C22H19ClF2N4O5S/c1-2-19(14-6-8-17(9-7-14)34-22(24)25)26-27-20-11-10-18(13-21(20)29(30)31)35(32,33)28-16-5-3-4-15(23)12-16/h3-13,22,27-28H,2H2,1H3. The number of ether oxygens (including phenoxy) is 1. The van der Waals surface area contributed by atoms with Gasteiger partial charge in [-0.2, -0.15) is 13.9 Å². The van der Waals surface area contributed by atoms with Gasteiger partial charge < -0.3 is 4.74 Å². The minimum atomic E-state index is -4.14. The molecule has 0 amide bonds. The van der Waals surface area contributed by atoms with E-state index in [-0.39, 0.29) is 22.0 Å². The summed E-state index contributed by atoms with van der Waals surface area (Å²) in [6.45, 7) is -1.16. The number of halogens is 3. The van der Waals surface area contributed by atoms with Crippen LogP contribution in [0.5, 0.6) is 5.75 Å². The summed E-state index contributed by atoms with van der Waals surface area (Å²) in [5.41, 5.74) is 3.28. The second kappa shape index (κ2) is 11.1. The molecule has 0 unspecified atom stereocenters. The number of nitrogens with zero attached hydrogens (tertiary/aromatic N) is 2. The van der Waals surface area contributed by atoms with Gasteiger partial charge in [0.1, 0.15) is 11.4 Å². The van der Waals surface area contributed by atoms with E-state index in [0.29, 0.717) is 22.7 Å². The van der Waals surface area contributed by atoms with Crippen molar-refractivity contribution in [2.75, 3.05) is 10.1 Å². The van der Waals surface area contributed by atoms with E-state index in [1.165, 1.54) is 48.5 Å². The maximum absolute atomic E-state index is 12.7. The predicted molar refractivity (Wildman–Crippen MR) is 129 cm³/mol. The van der Waals surface area contributed by atoms with Crippen molar-refractivity contribution in [3.8, 4) is 5.75 Å². The molecular weight excluding hydrogens is 506 g/mol. The zero-order chi connectivity index (χ0) is 25.6. The summed E-state index contributed by atoms with van der Waals surface area (Å²) in [5.74, 6) is -0.0222. The van der Waals surface area contributed by atoms with E-state index in [0.717, 1.165) is 6.07 Å². The first-order chi connectivity index (χ1) is 16.6. The highest BCUT2D eigenvalue weighted by Crippen LogP contribution is 2.29. The second-order valence-electron chi connectivity index (χ2n) is 6.98. The molecule has 0 aliphatic carbocycles. The van der Waals surface area contributed by atoms with Crippen molar-refractivity contribution in [2.45, 2.75) is 24.9 Å². The maximum Gasteiger partial charge on any atom is 0.387 e. The molecule has 13 heteroatoms. The van der Waals surface area contributed by atoms with Crippen molar-refractivity contribution < 1.29 is 26.9 Å². The fraction of sp³-hybridized carbons (Fsp3) is 0.136. The molecule has 0 bridgehead atoms. The molecule has 0 aliphatic rings. The van der Waals surface area contributed by atoms with Crippen LogP contribution in [0, 0.1) is 10.1 Å². The molecular formula is C22H19ClF2N4O5S. The van der Waals surface area contributed by atoms with Crippen LogP contribution in [0.4, 0.5) is 25.8 Å². The van der Waals surface area contributed by atoms with Crippen molar-refractivity contribution >= 4 is 44.4 Å². The van der Waals surface area contributed by atoms with Gasteiger partial charge in [0, 0.05) is 11.1 Å². The molecule has 184 valence electrons. The molecule has 0 aromatic heterocycles. The lowest BCUT2D eigenvalue weighted by molar-refractivity contribution is -0.384. The molecule has 0 spiro atoms. The van der Waals surface area contributed by atoms with E-state index in [9.17, 15) is 27.3 Å². The summed E-state index contributed by atoms with van der Waals surface area (Å²) in [6, 6.07) is 15.1. The third-order valence-corrected chi connectivity index (χ3v) is 6.23. The first kappa shape index (κ1) is 25.8.